The number of halogens is 1. The Labute approximate surface area is 161 Å². The number of hydrogen-bond acceptors (Lipinski definition) is 5. The fourth-order valence-electron chi connectivity index (χ4n) is 3.77. The zero-order valence-electron chi connectivity index (χ0n) is 15.5. The second-order valence-electron chi connectivity index (χ2n) is 7.42. The summed E-state index contributed by atoms with van der Waals surface area (Å²) in [7, 11) is 0. The molecule has 2 aliphatic rings. The molecule has 1 saturated heterocycles. The molecular weight excluding hydrogens is 361 g/mol. The van der Waals surface area contributed by atoms with Crippen molar-refractivity contribution in [2.45, 2.75) is 31.8 Å². The maximum atomic E-state index is 14.0. The first-order chi connectivity index (χ1) is 13.6. The SMILES string of the molecule is Cc1cc([C@@H]2CN(C(=O)c3ccc(F)c(C4CC4)c3)CCO2)n2ncnc2n1. The van der Waals surface area contributed by atoms with Gasteiger partial charge < -0.3 is 9.64 Å². The van der Waals surface area contributed by atoms with Crippen LogP contribution in [0.15, 0.2) is 30.6 Å². The molecule has 0 spiro atoms. The van der Waals surface area contributed by atoms with Crippen LogP contribution in [0.25, 0.3) is 5.78 Å². The van der Waals surface area contributed by atoms with E-state index >= 15 is 0 Å². The molecule has 1 aromatic carbocycles. The van der Waals surface area contributed by atoms with Crippen molar-refractivity contribution in [2.75, 3.05) is 19.7 Å². The number of amides is 1. The zero-order chi connectivity index (χ0) is 19.3. The third-order valence-electron chi connectivity index (χ3n) is 5.35. The number of aryl methyl sites for hydroxylation is 1. The fraction of sp³-hybridized carbons (Fsp3) is 0.400. The number of rotatable bonds is 3. The fourth-order valence-corrected chi connectivity index (χ4v) is 3.77. The molecule has 7 nitrogen and oxygen atoms in total. The highest BCUT2D eigenvalue weighted by molar-refractivity contribution is 5.94. The maximum absolute atomic E-state index is 14.0. The van der Waals surface area contributed by atoms with Crippen LogP contribution in [0.1, 0.15) is 52.2 Å². The van der Waals surface area contributed by atoms with Crippen molar-refractivity contribution in [1.29, 1.82) is 0 Å². The van der Waals surface area contributed by atoms with Crippen LogP contribution in [-0.2, 0) is 4.74 Å². The lowest BCUT2D eigenvalue weighted by Crippen LogP contribution is -2.42. The largest absolute Gasteiger partial charge is 0.368 e. The number of fused-ring (bicyclic) bond motifs is 1. The highest BCUT2D eigenvalue weighted by Crippen LogP contribution is 2.41. The topological polar surface area (TPSA) is 72.6 Å². The zero-order valence-corrected chi connectivity index (χ0v) is 15.5. The molecule has 28 heavy (non-hydrogen) atoms. The average molecular weight is 381 g/mol. The number of aromatic nitrogens is 4. The van der Waals surface area contributed by atoms with Gasteiger partial charge in [-0.15, -0.1) is 0 Å². The minimum absolute atomic E-state index is 0.101. The van der Waals surface area contributed by atoms with Crippen molar-refractivity contribution >= 4 is 11.7 Å². The molecule has 0 radical (unpaired) electrons. The van der Waals surface area contributed by atoms with Gasteiger partial charge in [-0.05, 0) is 55.5 Å². The van der Waals surface area contributed by atoms with Gasteiger partial charge in [0, 0.05) is 17.8 Å². The van der Waals surface area contributed by atoms with Crippen molar-refractivity contribution in [1.82, 2.24) is 24.5 Å². The number of carbonyl (C=O) groups excluding carboxylic acids is 1. The Hall–Kier alpha value is -2.87. The molecule has 1 atom stereocenters. The van der Waals surface area contributed by atoms with Gasteiger partial charge in [0.1, 0.15) is 18.2 Å². The summed E-state index contributed by atoms with van der Waals surface area (Å²) in [5, 5.41) is 4.23. The Morgan fingerprint density at radius 2 is 2.14 bits per heavy atom. The molecule has 1 saturated carbocycles. The van der Waals surface area contributed by atoms with E-state index in [2.05, 4.69) is 15.1 Å². The lowest BCUT2D eigenvalue weighted by atomic mass is 10.0. The first-order valence-electron chi connectivity index (χ1n) is 9.48. The average Bonchev–Trinajstić information content (AvgIpc) is 3.44. The van der Waals surface area contributed by atoms with Crippen molar-refractivity contribution in [3.05, 3.63) is 58.9 Å². The van der Waals surface area contributed by atoms with Gasteiger partial charge in [0.2, 0.25) is 0 Å². The molecule has 0 N–H and O–H groups in total. The summed E-state index contributed by atoms with van der Waals surface area (Å²) in [5.41, 5.74) is 2.82. The van der Waals surface area contributed by atoms with Crippen LogP contribution in [-0.4, -0.2) is 50.1 Å². The summed E-state index contributed by atoms with van der Waals surface area (Å²) in [4.78, 5) is 23.3. The van der Waals surface area contributed by atoms with E-state index in [-0.39, 0.29) is 23.7 Å². The van der Waals surface area contributed by atoms with E-state index in [4.69, 9.17) is 4.74 Å². The van der Waals surface area contributed by atoms with Crippen LogP contribution in [0.5, 0.6) is 0 Å². The molecule has 1 aliphatic carbocycles. The standard InChI is InChI=1S/C20H20FN5O2/c1-12-8-17(26-20(24-12)22-11-23-26)18-10-25(6-7-28-18)19(27)14-4-5-16(21)15(9-14)13-2-3-13/h4-5,8-9,11,13,18H,2-3,6-7,10H2,1H3/t18-/m0/s1. The number of nitrogens with zero attached hydrogens (tertiary/aromatic N) is 5. The monoisotopic (exact) mass is 381 g/mol. The minimum Gasteiger partial charge on any atom is -0.368 e. The van der Waals surface area contributed by atoms with Crippen LogP contribution >= 0.6 is 0 Å². The molecule has 2 aromatic heterocycles. The third kappa shape index (κ3) is 3.03. The Bertz CT molecular complexity index is 1060. The molecule has 0 unspecified atom stereocenters. The van der Waals surface area contributed by atoms with E-state index in [0.717, 1.165) is 24.2 Å². The van der Waals surface area contributed by atoms with Crippen molar-refractivity contribution in [2.24, 2.45) is 0 Å². The van der Waals surface area contributed by atoms with Crippen molar-refractivity contribution in [3.8, 4) is 0 Å². The number of benzene rings is 1. The van der Waals surface area contributed by atoms with Gasteiger partial charge in [0.15, 0.2) is 0 Å². The first-order valence-corrected chi connectivity index (χ1v) is 9.48. The Balaban J connectivity index is 1.42. The molecule has 0 bridgehead atoms. The van der Waals surface area contributed by atoms with Crippen LogP contribution in [0.3, 0.4) is 0 Å². The van der Waals surface area contributed by atoms with E-state index in [1.165, 1.54) is 12.4 Å². The van der Waals surface area contributed by atoms with Gasteiger partial charge in [-0.1, -0.05) is 0 Å². The van der Waals surface area contributed by atoms with E-state index in [1.807, 2.05) is 13.0 Å². The van der Waals surface area contributed by atoms with E-state index < -0.39 is 0 Å². The molecule has 1 amide bonds. The summed E-state index contributed by atoms with van der Waals surface area (Å²) < 4.78 is 21.6. The summed E-state index contributed by atoms with van der Waals surface area (Å²) in [6, 6.07) is 6.60. The van der Waals surface area contributed by atoms with Crippen molar-refractivity contribution in [3.63, 3.8) is 0 Å². The van der Waals surface area contributed by atoms with Gasteiger partial charge in [-0.25, -0.2) is 9.37 Å². The highest BCUT2D eigenvalue weighted by atomic mass is 19.1. The molecule has 3 heterocycles. The van der Waals surface area contributed by atoms with Gasteiger partial charge in [0.25, 0.3) is 11.7 Å². The van der Waals surface area contributed by atoms with Crippen LogP contribution in [0.4, 0.5) is 4.39 Å². The lowest BCUT2D eigenvalue weighted by Gasteiger charge is -2.33. The molecular formula is C20H20FN5O2. The van der Waals surface area contributed by atoms with Gasteiger partial charge in [0.05, 0.1) is 18.8 Å². The predicted octanol–water partition coefficient (Wildman–Crippen LogP) is 2.66. The van der Waals surface area contributed by atoms with Gasteiger partial charge in [-0.2, -0.15) is 14.6 Å². The summed E-state index contributed by atoms with van der Waals surface area (Å²) in [6.45, 7) is 3.20. The van der Waals surface area contributed by atoms with Crippen LogP contribution in [0.2, 0.25) is 0 Å². The normalized spacial score (nSPS) is 19.9. The van der Waals surface area contributed by atoms with E-state index in [0.29, 0.717) is 36.6 Å². The molecule has 1 aliphatic heterocycles. The Kier molecular flexibility index (Phi) is 4.08. The lowest BCUT2D eigenvalue weighted by molar-refractivity contribution is -0.0257. The number of morpholine rings is 1. The predicted molar refractivity (Wildman–Crippen MR) is 98.5 cm³/mol. The van der Waals surface area contributed by atoms with Crippen LogP contribution < -0.4 is 0 Å². The van der Waals surface area contributed by atoms with Crippen molar-refractivity contribution < 1.29 is 13.9 Å². The van der Waals surface area contributed by atoms with Gasteiger partial charge >= 0.3 is 0 Å². The molecule has 2 fully saturated rings. The molecule has 5 rings (SSSR count). The molecule has 8 heteroatoms. The number of carbonyl (C=O) groups is 1. The first kappa shape index (κ1) is 17.2. The second kappa shape index (κ2) is 6.63. The smallest absolute Gasteiger partial charge is 0.254 e. The van der Waals surface area contributed by atoms with E-state index in [1.54, 1.807) is 21.5 Å². The maximum Gasteiger partial charge on any atom is 0.254 e. The van der Waals surface area contributed by atoms with Crippen LogP contribution in [0, 0.1) is 12.7 Å². The summed E-state index contributed by atoms with van der Waals surface area (Å²) in [5.74, 6) is 0.441. The minimum atomic E-state index is -0.327. The number of hydrogen-bond donors (Lipinski definition) is 0. The summed E-state index contributed by atoms with van der Waals surface area (Å²) in [6.07, 6.45) is 3.11. The second-order valence-corrected chi connectivity index (χ2v) is 7.42. The van der Waals surface area contributed by atoms with E-state index in [9.17, 15) is 9.18 Å². The third-order valence-corrected chi connectivity index (χ3v) is 5.35. The molecule has 144 valence electrons. The Morgan fingerprint density at radius 3 is 2.96 bits per heavy atom. The Morgan fingerprint density at radius 1 is 1.29 bits per heavy atom. The quantitative estimate of drug-likeness (QED) is 0.697. The highest BCUT2D eigenvalue weighted by Gasteiger charge is 2.31. The van der Waals surface area contributed by atoms with Gasteiger partial charge in [-0.3, -0.25) is 4.79 Å². The molecule has 3 aromatic rings. The number of ether oxygens (including phenoxy) is 1. The summed E-state index contributed by atoms with van der Waals surface area (Å²) >= 11 is 0.